The Labute approximate surface area is 175 Å². The molecule has 2 N–H and O–H groups in total. The van der Waals surface area contributed by atoms with Crippen molar-refractivity contribution in [3.63, 3.8) is 0 Å². The number of aromatic hydroxyl groups is 1. The highest BCUT2D eigenvalue weighted by Gasteiger charge is 2.48. The van der Waals surface area contributed by atoms with E-state index in [4.69, 9.17) is 0 Å². The molecule has 2 aromatic carbocycles. The van der Waals surface area contributed by atoms with Crippen LogP contribution < -0.4 is 0 Å². The molecule has 4 atom stereocenters. The normalized spacial score (nSPS) is 27.9. The second kappa shape index (κ2) is 7.89. The maximum Gasteiger partial charge on any atom is 0.416 e. The molecule has 0 amide bonds. The number of fused-ring (bicyclic) bond motifs is 1. The fraction of sp³-hybridized carbons (Fsp3) is 0.500. The number of phenolic OH excluding ortho intramolecular Hbond substituents is 1. The number of benzene rings is 2. The van der Waals surface area contributed by atoms with Gasteiger partial charge < -0.3 is 15.1 Å². The Kier molecular flexibility index (Phi) is 5.58. The third-order valence-corrected chi connectivity index (χ3v) is 6.75. The van der Waals surface area contributed by atoms with Gasteiger partial charge >= 0.3 is 6.18 Å². The molecule has 1 aliphatic heterocycles. The predicted octanol–water partition coefficient (Wildman–Crippen LogP) is 4.83. The van der Waals surface area contributed by atoms with Crippen LogP contribution in [0, 0.1) is 11.8 Å². The maximum atomic E-state index is 12.7. The zero-order valence-electron chi connectivity index (χ0n) is 17.1. The van der Waals surface area contributed by atoms with Crippen molar-refractivity contribution in [1.82, 2.24) is 4.90 Å². The molecule has 2 aliphatic rings. The van der Waals surface area contributed by atoms with Crippen LogP contribution in [0.1, 0.15) is 42.4 Å². The number of halogens is 3. The Morgan fingerprint density at radius 3 is 2.10 bits per heavy atom. The summed E-state index contributed by atoms with van der Waals surface area (Å²) in [6, 6.07) is 12.5. The second-order valence-electron chi connectivity index (χ2n) is 9.24. The van der Waals surface area contributed by atoms with Crippen LogP contribution in [-0.4, -0.2) is 40.3 Å². The molecule has 3 nitrogen and oxygen atoms in total. The van der Waals surface area contributed by atoms with Gasteiger partial charge in [0.15, 0.2) is 0 Å². The van der Waals surface area contributed by atoms with Crippen LogP contribution in [0.25, 0.3) is 0 Å². The van der Waals surface area contributed by atoms with Crippen molar-refractivity contribution >= 4 is 0 Å². The molecular weight excluding hydrogens is 391 g/mol. The Balaban J connectivity index is 1.32. The van der Waals surface area contributed by atoms with Gasteiger partial charge in [-0.05, 0) is 66.0 Å². The van der Waals surface area contributed by atoms with Gasteiger partial charge in [-0.3, -0.25) is 0 Å². The Morgan fingerprint density at radius 1 is 1.00 bits per heavy atom. The maximum absolute atomic E-state index is 12.7. The number of rotatable bonds is 5. The number of phenols is 1. The Hall–Kier alpha value is -2.05. The lowest BCUT2D eigenvalue weighted by Gasteiger charge is -2.27. The van der Waals surface area contributed by atoms with Gasteiger partial charge in [-0.15, -0.1) is 0 Å². The number of aliphatic hydroxyl groups is 1. The van der Waals surface area contributed by atoms with Gasteiger partial charge in [0.25, 0.3) is 0 Å². The quantitative estimate of drug-likeness (QED) is 0.730. The van der Waals surface area contributed by atoms with Crippen LogP contribution in [0.3, 0.4) is 0 Å². The van der Waals surface area contributed by atoms with E-state index in [0.717, 1.165) is 37.3 Å². The third kappa shape index (κ3) is 4.65. The molecule has 2 aromatic rings. The second-order valence-corrected chi connectivity index (χ2v) is 9.24. The van der Waals surface area contributed by atoms with Gasteiger partial charge in [-0.25, -0.2) is 0 Å². The lowest BCUT2D eigenvalue weighted by atomic mass is 9.91. The largest absolute Gasteiger partial charge is 0.508 e. The smallest absolute Gasteiger partial charge is 0.416 e. The van der Waals surface area contributed by atoms with E-state index in [2.05, 4.69) is 11.8 Å². The molecule has 0 aromatic heterocycles. The Bertz CT molecular complexity index is 850. The lowest BCUT2D eigenvalue weighted by Crippen LogP contribution is -2.33. The first kappa shape index (κ1) is 21.2. The number of hydrogen-bond donors (Lipinski definition) is 2. The van der Waals surface area contributed by atoms with Gasteiger partial charge in [0.2, 0.25) is 0 Å². The summed E-state index contributed by atoms with van der Waals surface area (Å²) in [6.45, 7) is 5.02. The average molecular weight is 419 g/mol. The van der Waals surface area contributed by atoms with Crippen molar-refractivity contribution in [1.29, 1.82) is 0 Å². The summed E-state index contributed by atoms with van der Waals surface area (Å²) in [7, 11) is 0. The minimum absolute atomic E-state index is 0.272. The van der Waals surface area contributed by atoms with Gasteiger partial charge in [0, 0.05) is 26.1 Å². The highest BCUT2D eigenvalue weighted by atomic mass is 19.4. The summed E-state index contributed by atoms with van der Waals surface area (Å²) >= 11 is 0. The minimum atomic E-state index is -4.33. The summed E-state index contributed by atoms with van der Waals surface area (Å²) in [5.41, 5.74) is 0.468. The van der Waals surface area contributed by atoms with E-state index < -0.39 is 17.3 Å². The zero-order chi connectivity index (χ0) is 21.5. The van der Waals surface area contributed by atoms with E-state index in [1.54, 1.807) is 12.1 Å². The van der Waals surface area contributed by atoms with Gasteiger partial charge in [-0.1, -0.05) is 31.2 Å². The third-order valence-electron chi connectivity index (χ3n) is 6.75. The first-order valence-corrected chi connectivity index (χ1v) is 10.5. The number of hydrogen-bond acceptors (Lipinski definition) is 3. The molecule has 2 fully saturated rings. The molecule has 30 heavy (non-hydrogen) atoms. The molecule has 1 saturated carbocycles. The predicted molar refractivity (Wildman–Crippen MR) is 109 cm³/mol. The van der Waals surface area contributed by atoms with Crippen molar-refractivity contribution in [3.05, 3.63) is 65.2 Å². The van der Waals surface area contributed by atoms with Crippen LogP contribution in [0.5, 0.6) is 5.75 Å². The summed E-state index contributed by atoms with van der Waals surface area (Å²) in [5, 5.41) is 20.5. The Morgan fingerprint density at radius 2 is 1.57 bits per heavy atom. The molecule has 4 rings (SSSR count). The van der Waals surface area contributed by atoms with E-state index in [9.17, 15) is 23.4 Å². The van der Waals surface area contributed by atoms with Crippen LogP contribution in [-0.2, 0) is 12.6 Å². The summed E-state index contributed by atoms with van der Waals surface area (Å²) in [4.78, 5) is 2.45. The van der Waals surface area contributed by atoms with Crippen LogP contribution in [0.15, 0.2) is 48.5 Å². The van der Waals surface area contributed by atoms with Crippen LogP contribution in [0.4, 0.5) is 13.2 Å². The average Bonchev–Trinajstić information content (AvgIpc) is 3.15. The highest BCUT2D eigenvalue weighted by Crippen LogP contribution is 2.45. The molecule has 1 unspecified atom stereocenters. The summed E-state index contributed by atoms with van der Waals surface area (Å²) in [5.74, 6) is 1.48. The molecule has 162 valence electrons. The van der Waals surface area contributed by atoms with Crippen molar-refractivity contribution < 1.29 is 23.4 Å². The van der Waals surface area contributed by atoms with E-state index in [0.29, 0.717) is 37.0 Å². The fourth-order valence-electron chi connectivity index (χ4n) is 5.34. The van der Waals surface area contributed by atoms with Crippen molar-refractivity contribution in [2.45, 2.75) is 43.9 Å². The van der Waals surface area contributed by atoms with Crippen molar-refractivity contribution in [3.8, 4) is 5.75 Å². The van der Waals surface area contributed by atoms with Crippen LogP contribution >= 0.6 is 0 Å². The van der Waals surface area contributed by atoms with Gasteiger partial charge in [0.1, 0.15) is 5.75 Å². The topological polar surface area (TPSA) is 43.7 Å². The SMILES string of the molecule is CC(CN1C[C@@H]2C[C@@](O)(Cc3ccc(C(F)(F)F)cc3)C[C@@H]2C1)c1ccc(O)cc1. The molecule has 0 radical (unpaired) electrons. The number of likely N-dealkylation sites (tertiary alicyclic amines) is 1. The molecule has 6 heteroatoms. The number of nitrogens with zero attached hydrogens (tertiary/aromatic N) is 1. The van der Waals surface area contributed by atoms with E-state index >= 15 is 0 Å². The summed E-state index contributed by atoms with van der Waals surface area (Å²) < 4.78 is 38.2. The van der Waals surface area contributed by atoms with Crippen molar-refractivity contribution in [2.24, 2.45) is 11.8 Å². The van der Waals surface area contributed by atoms with E-state index in [1.807, 2.05) is 12.1 Å². The van der Waals surface area contributed by atoms with Crippen LogP contribution in [0.2, 0.25) is 0 Å². The highest BCUT2D eigenvalue weighted by molar-refractivity contribution is 5.28. The van der Waals surface area contributed by atoms with E-state index in [-0.39, 0.29) is 5.75 Å². The first-order chi connectivity index (χ1) is 14.1. The fourth-order valence-corrected chi connectivity index (χ4v) is 5.34. The summed E-state index contributed by atoms with van der Waals surface area (Å²) in [6.07, 6.45) is -2.53. The van der Waals surface area contributed by atoms with Gasteiger partial charge in [-0.2, -0.15) is 13.2 Å². The molecule has 1 saturated heterocycles. The lowest BCUT2D eigenvalue weighted by molar-refractivity contribution is -0.137. The van der Waals surface area contributed by atoms with Gasteiger partial charge in [0.05, 0.1) is 11.2 Å². The number of alkyl halides is 3. The minimum Gasteiger partial charge on any atom is -0.508 e. The molecule has 0 bridgehead atoms. The zero-order valence-corrected chi connectivity index (χ0v) is 17.1. The molecule has 0 spiro atoms. The van der Waals surface area contributed by atoms with E-state index in [1.165, 1.54) is 17.7 Å². The molecular formula is C24H28F3NO2. The molecule has 1 heterocycles. The molecule has 1 aliphatic carbocycles. The standard InChI is InChI=1S/C24H28F3NO2/c1-16(18-4-8-22(29)9-5-18)13-28-14-19-11-23(30,12-20(19)15-28)10-17-2-6-21(7-3-17)24(25,26)27/h2-9,16,19-20,29-30H,10-15H2,1H3/t16?,19-,20+,23-. The first-order valence-electron chi connectivity index (χ1n) is 10.5. The monoisotopic (exact) mass is 419 g/mol. The van der Waals surface area contributed by atoms with Crippen molar-refractivity contribution in [2.75, 3.05) is 19.6 Å².